The first-order chi connectivity index (χ1) is 13.4. The number of rotatable bonds is 5. The van der Waals surface area contributed by atoms with Crippen LogP contribution < -0.4 is 4.90 Å². The van der Waals surface area contributed by atoms with E-state index in [1.807, 2.05) is 11.3 Å². The smallest absolute Gasteiger partial charge is 0.211 e. The first-order valence-corrected chi connectivity index (χ1v) is 13.0. The molecule has 4 rings (SSSR count). The quantitative estimate of drug-likeness (QED) is 0.740. The maximum Gasteiger partial charge on any atom is 0.211 e. The molecule has 1 unspecified atom stereocenters. The van der Waals surface area contributed by atoms with E-state index in [2.05, 4.69) is 18.7 Å². The average molecular weight is 423 g/mol. The maximum atomic E-state index is 11.9. The molecule has 1 atom stereocenters. The van der Waals surface area contributed by atoms with Gasteiger partial charge in [0.15, 0.2) is 0 Å². The second-order valence-electron chi connectivity index (χ2n) is 8.25. The van der Waals surface area contributed by atoms with Crippen molar-refractivity contribution in [3.05, 3.63) is 16.3 Å². The molecule has 2 aliphatic rings. The molecule has 0 spiro atoms. The molecule has 3 heterocycles. The normalized spacial score (nSPS) is 21.2. The van der Waals surface area contributed by atoms with Crippen molar-refractivity contribution in [2.24, 2.45) is 5.92 Å². The van der Waals surface area contributed by atoms with Gasteiger partial charge in [-0.05, 0) is 37.2 Å². The number of hydrogen-bond acceptors (Lipinski definition) is 6. The fraction of sp³-hybridized carbons (Fsp3) is 0.700. The Morgan fingerprint density at radius 3 is 2.61 bits per heavy atom. The van der Waals surface area contributed by atoms with Gasteiger partial charge in [0.1, 0.15) is 16.5 Å². The summed E-state index contributed by atoms with van der Waals surface area (Å²) in [6, 6.07) is 0. The number of sulfonamides is 1. The van der Waals surface area contributed by atoms with Gasteiger partial charge in [-0.25, -0.2) is 18.4 Å². The highest BCUT2D eigenvalue weighted by Crippen LogP contribution is 2.41. The summed E-state index contributed by atoms with van der Waals surface area (Å²) in [6.07, 6.45) is 7.88. The summed E-state index contributed by atoms with van der Waals surface area (Å²) >= 11 is 1.85. The minimum Gasteiger partial charge on any atom is -0.353 e. The van der Waals surface area contributed by atoms with Crippen LogP contribution in [0.3, 0.4) is 0 Å². The standard InChI is InChI=1S/C20H30N4O2S2/c1-4-5-6-17-21-19(23-9-11-24(12-10-23)28(3,25)26)18-15-8-7-14(2)13-16(15)27-20(18)22-17/h14H,4-13H2,1-3H3. The topological polar surface area (TPSA) is 66.4 Å². The molecule has 1 aliphatic carbocycles. The molecule has 0 radical (unpaired) electrons. The van der Waals surface area contributed by atoms with Crippen LogP contribution >= 0.6 is 11.3 Å². The SMILES string of the molecule is CCCCc1nc(N2CCN(S(C)(=O)=O)CC2)c2c3c(sc2n1)CC(C)CC3. The maximum absolute atomic E-state index is 11.9. The van der Waals surface area contributed by atoms with Gasteiger partial charge >= 0.3 is 0 Å². The van der Waals surface area contributed by atoms with Gasteiger partial charge in [0, 0.05) is 37.5 Å². The zero-order chi connectivity index (χ0) is 19.9. The number of piperazine rings is 1. The third-order valence-electron chi connectivity index (χ3n) is 5.94. The number of nitrogens with zero attached hydrogens (tertiary/aromatic N) is 4. The minimum atomic E-state index is -3.13. The van der Waals surface area contributed by atoms with E-state index in [0.717, 1.165) is 54.5 Å². The van der Waals surface area contributed by atoms with Crippen LogP contribution in [0.2, 0.25) is 0 Å². The van der Waals surface area contributed by atoms with Gasteiger partial charge in [0.05, 0.1) is 11.6 Å². The van der Waals surface area contributed by atoms with E-state index in [4.69, 9.17) is 9.97 Å². The molecule has 0 aromatic carbocycles. The molecule has 1 saturated heterocycles. The lowest BCUT2D eigenvalue weighted by Gasteiger charge is -2.34. The van der Waals surface area contributed by atoms with Gasteiger partial charge < -0.3 is 4.90 Å². The highest BCUT2D eigenvalue weighted by atomic mass is 32.2. The van der Waals surface area contributed by atoms with Crippen LogP contribution in [-0.4, -0.2) is 55.1 Å². The molecule has 1 aliphatic heterocycles. The molecule has 0 saturated carbocycles. The Morgan fingerprint density at radius 2 is 1.93 bits per heavy atom. The van der Waals surface area contributed by atoms with Crippen molar-refractivity contribution < 1.29 is 8.42 Å². The van der Waals surface area contributed by atoms with Crippen LogP contribution in [0.4, 0.5) is 5.82 Å². The highest BCUT2D eigenvalue weighted by Gasteiger charge is 2.29. The Morgan fingerprint density at radius 1 is 1.18 bits per heavy atom. The summed E-state index contributed by atoms with van der Waals surface area (Å²) in [6.45, 7) is 6.95. The van der Waals surface area contributed by atoms with E-state index >= 15 is 0 Å². The summed E-state index contributed by atoms with van der Waals surface area (Å²) in [5.41, 5.74) is 1.45. The van der Waals surface area contributed by atoms with Gasteiger partial charge in [0.25, 0.3) is 0 Å². The zero-order valence-corrected chi connectivity index (χ0v) is 18.7. The van der Waals surface area contributed by atoms with Crippen LogP contribution in [0, 0.1) is 5.92 Å². The summed E-state index contributed by atoms with van der Waals surface area (Å²) in [5.74, 6) is 2.70. The molecular formula is C20H30N4O2S2. The molecular weight excluding hydrogens is 392 g/mol. The lowest BCUT2D eigenvalue weighted by molar-refractivity contribution is 0.387. The first kappa shape index (κ1) is 20.0. The van der Waals surface area contributed by atoms with E-state index in [-0.39, 0.29) is 0 Å². The average Bonchev–Trinajstić information content (AvgIpc) is 3.02. The van der Waals surface area contributed by atoms with Crippen LogP contribution in [0.1, 0.15) is 49.4 Å². The van der Waals surface area contributed by atoms with E-state index in [0.29, 0.717) is 26.2 Å². The van der Waals surface area contributed by atoms with E-state index in [1.54, 1.807) is 4.31 Å². The van der Waals surface area contributed by atoms with Crippen LogP contribution in [0.15, 0.2) is 0 Å². The molecule has 1 fully saturated rings. The van der Waals surface area contributed by atoms with Gasteiger partial charge in [-0.3, -0.25) is 0 Å². The number of hydrogen-bond donors (Lipinski definition) is 0. The first-order valence-electron chi connectivity index (χ1n) is 10.4. The number of anilines is 1. The van der Waals surface area contributed by atoms with Crippen LogP contribution in [0.25, 0.3) is 10.2 Å². The summed E-state index contributed by atoms with van der Waals surface area (Å²) < 4.78 is 25.3. The molecule has 0 N–H and O–H groups in total. The predicted molar refractivity (Wildman–Crippen MR) is 116 cm³/mol. The van der Waals surface area contributed by atoms with E-state index < -0.39 is 10.0 Å². The molecule has 28 heavy (non-hydrogen) atoms. The Balaban J connectivity index is 1.73. The summed E-state index contributed by atoms with van der Waals surface area (Å²) in [5, 5.41) is 1.24. The predicted octanol–water partition coefficient (Wildman–Crippen LogP) is 3.24. The van der Waals surface area contributed by atoms with E-state index in [1.165, 1.54) is 28.5 Å². The number of aromatic nitrogens is 2. The molecule has 2 aromatic rings. The monoisotopic (exact) mass is 422 g/mol. The van der Waals surface area contributed by atoms with Crippen LogP contribution in [0.5, 0.6) is 0 Å². The third-order valence-corrected chi connectivity index (χ3v) is 8.39. The number of aryl methyl sites for hydroxylation is 2. The van der Waals surface area contributed by atoms with Crippen molar-refractivity contribution in [1.29, 1.82) is 0 Å². The Kier molecular flexibility index (Phi) is 5.64. The van der Waals surface area contributed by atoms with Crippen molar-refractivity contribution >= 4 is 37.4 Å². The van der Waals surface area contributed by atoms with Crippen molar-refractivity contribution in [3.63, 3.8) is 0 Å². The number of unbranched alkanes of at least 4 members (excludes halogenated alkanes) is 1. The Labute approximate surface area is 172 Å². The summed E-state index contributed by atoms with van der Waals surface area (Å²) in [4.78, 5) is 14.8. The largest absolute Gasteiger partial charge is 0.353 e. The van der Waals surface area contributed by atoms with Gasteiger partial charge in [0.2, 0.25) is 10.0 Å². The van der Waals surface area contributed by atoms with Gasteiger partial charge in [-0.15, -0.1) is 11.3 Å². The molecule has 0 bridgehead atoms. The number of fused-ring (bicyclic) bond motifs is 3. The fourth-order valence-electron chi connectivity index (χ4n) is 4.27. The molecule has 8 heteroatoms. The molecule has 0 amide bonds. The molecule has 6 nitrogen and oxygen atoms in total. The van der Waals surface area contributed by atoms with E-state index in [9.17, 15) is 8.42 Å². The Bertz CT molecular complexity index is 962. The molecule has 2 aromatic heterocycles. The Hall–Kier alpha value is -1.25. The van der Waals surface area contributed by atoms with Gasteiger partial charge in [-0.2, -0.15) is 4.31 Å². The van der Waals surface area contributed by atoms with Crippen molar-refractivity contribution in [3.8, 4) is 0 Å². The lowest BCUT2D eigenvalue weighted by atomic mass is 9.89. The lowest BCUT2D eigenvalue weighted by Crippen LogP contribution is -2.48. The molecule has 154 valence electrons. The van der Waals surface area contributed by atoms with Gasteiger partial charge in [-0.1, -0.05) is 20.3 Å². The second kappa shape index (κ2) is 7.88. The van der Waals surface area contributed by atoms with Crippen molar-refractivity contribution in [2.45, 2.75) is 52.4 Å². The number of thiophene rings is 1. The zero-order valence-electron chi connectivity index (χ0n) is 17.1. The summed E-state index contributed by atoms with van der Waals surface area (Å²) in [7, 11) is -3.13. The fourth-order valence-corrected chi connectivity index (χ4v) is 6.50. The van der Waals surface area contributed by atoms with Crippen molar-refractivity contribution in [2.75, 3.05) is 37.3 Å². The van der Waals surface area contributed by atoms with Crippen molar-refractivity contribution in [1.82, 2.24) is 14.3 Å². The van der Waals surface area contributed by atoms with Crippen LogP contribution in [-0.2, 0) is 29.3 Å². The third kappa shape index (κ3) is 3.91. The minimum absolute atomic E-state index is 0.526. The second-order valence-corrected chi connectivity index (χ2v) is 11.3. The highest BCUT2D eigenvalue weighted by molar-refractivity contribution is 7.88.